The molecule has 5 heteroatoms. The van der Waals surface area contributed by atoms with Gasteiger partial charge in [-0.2, -0.15) is 5.26 Å². The second-order valence-corrected chi connectivity index (χ2v) is 6.20. The standard InChI is InChI=1S/C16H10BrN3S/c17-12-7-5-11(6-8-12)15-19-14-4-2-1-3-13(14)16(20-15)21-10-9-18/h1-8H,10H2. The van der Waals surface area contributed by atoms with Gasteiger partial charge in [0.05, 0.1) is 17.3 Å². The maximum atomic E-state index is 8.80. The Kier molecular flexibility index (Phi) is 4.18. The zero-order valence-electron chi connectivity index (χ0n) is 11.0. The molecule has 0 N–H and O–H groups in total. The molecule has 0 fully saturated rings. The van der Waals surface area contributed by atoms with E-state index in [9.17, 15) is 0 Å². The maximum absolute atomic E-state index is 8.80. The summed E-state index contributed by atoms with van der Waals surface area (Å²) in [5.41, 5.74) is 1.86. The van der Waals surface area contributed by atoms with Crippen LogP contribution in [0.3, 0.4) is 0 Å². The van der Waals surface area contributed by atoms with E-state index >= 15 is 0 Å². The van der Waals surface area contributed by atoms with E-state index in [0.29, 0.717) is 11.6 Å². The van der Waals surface area contributed by atoms with E-state index in [2.05, 4.69) is 32.0 Å². The molecule has 2 aromatic carbocycles. The number of fused-ring (bicyclic) bond motifs is 1. The Labute approximate surface area is 135 Å². The van der Waals surface area contributed by atoms with E-state index in [1.807, 2.05) is 48.5 Å². The molecule has 0 radical (unpaired) electrons. The molecule has 0 unspecified atom stereocenters. The molecule has 21 heavy (non-hydrogen) atoms. The number of hydrogen-bond donors (Lipinski definition) is 0. The Hall–Kier alpha value is -1.90. The fourth-order valence-electron chi connectivity index (χ4n) is 1.99. The number of rotatable bonds is 3. The largest absolute Gasteiger partial charge is 0.228 e. The van der Waals surface area contributed by atoms with Crippen LogP contribution in [0.5, 0.6) is 0 Å². The van der Waals surface area contributed by atoms with Gasteiger partial charge in [0.1, 0.15) is 5.03 Å². The van der Waals surface area contributed by atoms with Crippen molar-refractivity contribution in [1.29, 1.82) is 5.26 Å². The summed E-state index contributed by atoms with van der Waals surface area (Å²) in [6.45, 7) is 0. The molecular weight excluding hydrogens is 346 g/mol. The predicted molar refractivity (Wildman–Crippen MR) is 89.0 cm³/mol. The molecule has 102 valence electrons. The third kappa shape index (κ3) is 3.07. The van der Waals surface area contributed by atoms with Crippen molar-refractivity contribution < 1.29 is 0 Å². The van der Waals surface area contributed by atoms with Gasteiger partial charge in [0, 0.05) is 15.4 Å². The van der Waals surface area contributed by atoms with Crippen LogP contribution in [0.15, 0.2) is 58.0 Å². The third-order valence-electron chi connectivity index (χ3n) is 2.94. The highest BCUT2D eigenvalue weighted by Gasteiger charge is 2.09. The van der Waals surface area contributed by atoms with Crippen LogP contribution in [-0.2, 0) is 0 Å². The Balaban J connectivity index is 2.15. The average Bonchev–Trinajstić information content (AvgIpc) is 2.53. The van der Waals surface area contributed by atoms with E-state index < -0.39 is 0 Å². The molecule has 0 atom stereocenters. The van der Waals surface area contributed by atoms with Crippen LogP contribution in [0.1, 0.15) is 0 Å². The molecule has 1 aromatic heterocycles. The molecule has 0 aliphatic heterocycles. The number of aromatic nitrogens is 2. The van der Waals surface area contributed by atoms with E-state index in [4.69, 9.17) is 5.26 Å². The monoisotopic (exact) mass is 355 g/mol. The Morgan fingerprint density at radius 3 is 2.57 bits per heavy atom. The number of nitriles is 1. The normalized spacial score (nSPS) is 10.5. The summed E-state index contributed by atoms with van der Waals surface area (Å²) >= 11 is 4.87. The molecule has 0 aliphatic carbocycles. The molecule has 3 nitrogen and oxygen atoms in total. The summed E-state index contributed by atoms with van der Waals surface area (Å²) in [6, 6.07) is 17.9. The van der Waals surface area contributed by atoms with Gasteiger partial charge in [0.25, 0.3) is 0 Å². The fourth-order valence-corrected chi connectivity index (χ4v) is 2.93. The van der Waals surface area contributed by atoms with Crippen LogP contribution in [0.4, 0.5) is 0 Å². The van der Waals surface area contributed by atoms with Crippen molar-refractivity contribution in [1.82, 2.24) is 9.97 Å². The van der Waals surface area contributed by atoms with Gasteiger partial charge < -0.3 is 0 Å². The maximum Gasteiger partial charge on any atom is 0.161 e. The lowest BCUT2D eigenvalue weighted by molar-refractivity contribution is 1.11. The molecule has 3 aromatic rings. The van der Waals surface area contributed by atoms with E-state index in [1.54, 1.807) is 0 Å². The lowest BCUT2D eigenvalue weighted by Crippen LogP contribution is -1.94. The molecule has 0 saturated heterocycles. The molecule has 0 amide bonds. The van der Waals surface area contributed by atoms with Gasteiger partial charge in [-0.1, -0.05) is 58.0 Å². The smallest absolute Gasteiger partial charge is 0.161 e. The lowest BCUT2D eigenvalue weighted by atomic mass is 10.2. The second-order valence-electron chi connectivity index (χ2n) is 4.32. The van der Waals surface area contributed by atoms with E-state index in [1.165, 1.54) is 11.8 Å². The highest BCUT2D eigenvalue weighted by molar-refractivity contribution is 9.10. The van der Waals surface area contributed by atoms with Gasteiger partial charge >= 0.3 is 0 Å². The van der Waals surface area contributed by atoms with Gasteiger partial charge in [-0.25, -0.2) is 9.97 Å². The van der Waals surface area contributed by atoms with Crippen LogP contribution in [0.25, 0.3) is 22.3 Å². The van der Waals surface area contributed by atoms with Crippen LogP contribution < -0.4 is 0 Å². The minimum absolute atomic E-state index is 0.376. The summed E-state index contributed by atoms with van der Waals surface area (Å²) in [6.07, 6.45) is 0. The SMILES string of the molecule is N#CCSc1nc(-c2ccc(Br)cc2)nc2ccccc12. The number of hydrogen-bond acceptors (Lipinski definition) is 4. The minimum atomic E-state index is 0.376. The number of benzene rings is 2. The average molecular weight is 356 g/mol. The third-order valence-corrected chi connectivity index (χ3v) is 4.33. The minimum Gasteiger partial charge on any atom is -0.228 e. The topological polar surface area (TPSA) is 49.6 Å². The predicted octanol–water partition coefficient (Wildman–Crippen LogP) is 4.67. The Morgan fingerprint density at radius 1 is 1.05 bits per heavy atom. The Bertz CT molecular complexity index is 825. The van der Waals surface area contributed by atoms with Gasteiger partial charge in [-0.15, -0.1) is 0 Å². The zero-order chi connectivity index (χ0) is 14.7. The quantitative estimate of drug-likeness (QED) is 0.505. The van der Waals surface area contributed by atoms with Gasteiger partial charge in [0.2, 0.25) is 0 Å². The van der Waals surface area contributed by atoms with Crippen molar-refractivity contribution in [2.75, 3.05) is 5.75 Å². The van der Waals surface area contributed by atoms with Crippen molar-refractivity contribution in [3.8, 4) is 17.5 Å². The lowest BCUT2D eigenvalue weighted by Gasteiger charge is -2.07. The van der Waals surface area contributed by atoms with Crippen molar-refractivity contribution in [2.24, 2.45) is 0 Å². The summed E-state index contributed by atoms with van der Waals surface area (Å²) in [5, 5.41) is 10.6. The van der Waals surface area contributed by atoms with Crippen molar-refractivity contribution in [3.63, 3.8) is 0 Å². The molecule has 0 saturated carbocycles. The first-order valence-corrected chi connectivity index (χ1v) is 8.08. The summed E-state index contributed by atoms with van der Waals surface area (Å²) in [4.78, 5) is 9.24. The first-order chi connectivity index (χ1) is 10.3. The van der Waals surface area contributed by atoms with Gasteiger partial charge in [-0.05, 0) is 18.2 Å². The highest BCUT2D eigenvalue weighted by Crippen LogP contribution is 2.28. The van der Waals surface area contributed by atoms with Crippen molar-refractivity contribution in [2.45, 2.75) is 5.03 Å². The van der Waals surface area contributed by atoms with Crippen LogP contribution in [0.2, 0.25) is 0 Å². The number of nitrogens with zero attached hydrogens (tertiary/aromatic N) is 3. The zero-order valence-corrected chi connectivity index (χ0v) is 13.4. The number of para-hydroxylation sites is 1. The van der Waals surface area contributed by atoms with Crippen LogP contribution >= 0.6 is 27.7 Å². The van der Waals surface area contributed by atoms with Crippen LogP contribution in [-0.4, -0.2) is 15.7 Å². The van der Waals surface area contributed by atoms with E-state index in [-0.39, 0.29) is 0 Å². The molecule has 0 spiro atoms. The van der Waals surface area contributed by atoms with Gasteiger partial charge in [0.15, 0.2) is 5.82 Å². The number of thioether (sulfide) groups is 1. The molecule has 0 aliphatic rings. The number of halogens is 1. The highest BCUT2D eigenvalue weighted by atomic mass is 79.9. The Morgan fingerprint density at radius 2 is 1.81 bits per heavy atom. The second kappa shape index (κ2) is 6.25. The van der Waals surface area contributed by atoms with Crippen molar-refractivity contribution in [3.05, 3.63) is 53.0 Å². The first-order valence-electron chi connectivity index (χ1n) is 6.30. The molecular formula is C16H10BrN3S. The summed E-state index contributed by atoms with van der Waals surface area (Å²) in [5.74, 6) is 1.06. The molecule has 3 rings (SSSR count). The fraction of sp³-hybridized carbons (Fsp3) is 0.0625. The van der Waals surface area contributed by atoms with Crippen LogP contribution in [0, 0.1) is 11.3 Å². The first kappa shape index (κ1) is 14.1. The van der Waals surface area contributed by atoms with Gasteiger partial charge in [-0.3, -0.25) is 0 Å². The van der Waals surface area contributed by atoms with Crippen molar-refractivity contribution >= 4 is 38.6 Å². The van der Waals surface area contributed by atoms with E-state index in [0.717, 1.165) is 26.0 Å². The molecule has 1 heterocycles. The summed E-state index contributed by atoms with van der Waals surface area (Å²) in [7, 11) is 0. The molecule has 0 bridgehead atoms. The summed E-state index contributed by atoms with van der Waals surface area (Å²) < 4.78 is 1.02.